The van der Waals surface area contributed by atoms with E-state index >= 15 is 0 Å². The maximum absolute atomic E-state index is 14.4. The fourth-order valence-corrected chi connectivity index (χ4v) is 4.19. The molecule has 8 heteroatoms. The minimum absolute atomic E-state index is 0.0792. The lowest BCUT2D eigenvalue weighted by Crippen LogP contribution is -2.46. The second kappa shape index (κ2) is 11.4. The molecule has 3 rings (SSSR count). The van der Waals surface area contributed by atoms with Crippen molar-refractivity contribution in [2.24, 2.45) is 5.92 Å². The van der Waals surface area contributed by atoms with Gasteiger partial charge in [-0.1, -0.05) is 25.1 Å². The number of rotatable bonds is 4. The Hall–Kier alpha value is -2.97. The molecule has 0 bridgehead atoms. The zero-order chi connectivity index (χ0) is 24.8. The zero-order valence-corrected chi connectivity index (χ0v) is 20.5. The van der Waals surface area contributed by atoms with Crippen LogP contribution in [0.2, 0.25) is 0 Å². The van der Waals surface area contributed by atoms with Gasteiger partial charge in [0, 0.05) is 64.1 Å². The molecular weight excluding hydrogens is 437 g/mol. The molecule has 7 nitrogen and oxygen atoms in total. The quantitative estimate of drug-likeness (QED) is 0.735. The highest BCUT2D eigenvalue weighted by atomic mass is 19.1. The van der Waals surface area contributed by atoms with E-state index in [9.17, 15) is 14.0 Å². The first-order chi connectivity index (χ1) is 16.2. The molecule has 0 saturated heterocycles. The summed E-state index contributed by atoms with van der Waals surface area (Å²) in [7, 11) is 3.38. The number of ether oxygens (including phenoxy) is 2. The first kappa shape index (κ1) is 25.6. The molecule has 0 unspecified atom stereocenters. The Kier molecular flexibility index (Phi) is 8.63. The summed E-state index contributed by atoms with van der Waals surface area (Å²) in [6, 6.07) is 11.7. The Bertz CT molecular complexity index is 1020. The van der Waals surface area contributed by atoms with E-state index in [1.807, 2.05) is 13.0 Å². The van der Waals surface area contributed by atoms with Gasteiger partial charge in [0.05, 0.1) is 11.7 Å². The van der Waals surface area contributed by atoms with Crippen LogP contribution < -0.4 is 10.1 Å². The van der Waals surface area contributed by atoms with Crippen LogP contribution in [0.1, 0.15) is 36.7 Å². The number of benzene rings is 2. The van der Waals surface area contributed by atoms with Gasteiger partial charge >= 0.3 is 0 Å². The van der Waals surface area contributed by atoms with Crippen LogP contribution in [0.4, 0.5) is 10.1 Å². The van der Waals surface area contributed by atoms with E-state index < -0.39 is 0 Å². The monoisotopic (exact) mass is 471 g/mol. The topological polar surface area (TPSA) is 71.1 Å². The Morgan fingerprint density at radius 2 is 1.94 bits per heavy atom. The highest BCUT2D eigenvalue weighted by Gasteiger charge is 2.28. The van der Waals surface area contributed by atoms with Crippen LogP contribution in [0.15, 0.2) is 42.5 Å². The van der Waals surface area contributed by atoms with Crippen molar-refractivity contribution in [3.05, 3.63) is 59.4 Å². The molecule has 0 spiro atoms. The van der Waals surface area contributed by atoms with Gasteiger partial charge in [0.25, 0.3) is 5.91 Å². The third-order valence-electron chi connectivity index (χ3n) is 6.23. The van der Waals surface area contributed by atoms with E-state index in [2.05, 4.69) is 17.1 Å². The number of carbonyl (C=O) groups is 2. The van der Waals surface area contributed by atoms with Gasteiger partial charge in [-0.05, 0) is 31.0 Å². The second-order valence-corrected chi connectivity index (χ2v) is 9.01. The first-order valence-electron chi connectivity index (χ1n) is 11.5. The second-order valence-electron chi connectivity index (χ2n) is 9.01. The fourth-order valence-electron chi connectivity index (χ4n) is 4.19. The van der Waals surface area contributed by atoms with Crippen LogP contribution in [0.3, 0.4) is 0 Å². The number of halogens is 1. The van der Waals surface area contributed by atoms with Gasteiger partial charge in [0.15, 0.2) is 0 Å². The average Bonchev–Trinajstić information content (AvgIpc) is 2.80. The normalized spacial score (nSPS) is 22.2. The SMILES string of the molecule is CO[C@H]1CN(C)C(=O)c2ccc(NC(C)=O)cc2OC[C@H](C)N(Cc2ccccc2F)C[C@@H]1C. The molecule has 2 amide bonds. The molecule has 0 radical (unpaired) electrons. The van der Waals surface area contributed by atoms with Crippen molar-refractivity contribution in [2.75, 3.05) is 39.2 Å². The fraction of sp³-hybridized carbons (Fsp3) is 0.462. The molecule has 2 aromatic carbocycles. The molecule has 1 aliphatic heterocycles. The summed E-state index contributed by atoms with van der Waals surface area (Å²) in [6.07, 6.45) is -0.202. The molecule has 34 heavy (non-hydrogen) atoms. The number of likely N-dealkylation sites (N-methyl/N-ethyl adjacent to an activating group) is 1. The summed E-state index contributed by atoms with van der Waals surface area (Å²) in [5.41, 5.74) is 1.57. The molecular formula is C26H34FN3O4. The van der Waals surface area contributed by atoms with E-state index in [1.165, 1.54) is 13.0 Å². The molecule has 0 fully saturated rings. The van der Waals surface area contributed by atoms with Gasteiger partial charge in [-0.3, -0.25) is 14.5 Å². The zero-order valence-electron chi connectivity index (χ0n) is 20.5. The van der Waals surface area contributed by atoms with Crippen LogP contribution in [0.5, 0.6) is 5.75 Å². The summed E-state index contributed by atoms with van der Waals surface area (Å²) in [5.74, 6) is -0.167. The van der Waals surface area contributed by atoms with Crippen molar-refractivity contribution in [3.8, 4) is 5.75 Å². The van der Waals surface area contributed by atoms with Crippen LogP contribution in [-0.2, 0) is 16.1 Å². The summed E-state index contributed by atoms with van der Waals surface area (Å²) >= 11 is 0. The summed E-state index contributed by atoms with van der Waals surface area (Å²) < 4.78 is 26.3. The van der Waals surface area contributed by atoms with Gasteiger partial charge in [0.2, 0.25) is 5.91 Å². The van der Waals surface area contributed by atoms with Crippen LogP contribution in [-0.4, -0.2) is 67.6 Å². The lowest BCUT2D eigenvalue weighted by atomic mass is 10.0. The lowest BCUT2D eigenvalue weighted by Gasteiger charge is -2.36. The van der Waals surface area contributed by atoms with Gasteiger partial charge in [-0.15, -0.1) is 0 Å². The smallest absolute Gasteiger partial charge is 0.257 e. The van der Waals surface area contributed by atoms with E-state index in [0.29, 0.717) is 42.2 Å². The Balaban J connectivity index is 1.96. The number of hydrogen-bond acceptors (Lipinski definition) is 5. The molecule has 1 aliphatic rings. The number of nitrogens with one attached hydrogen (secondary N) is 1. The first-order valence-corrected chi connectivity index (χ1v) is 11.5. The minimum atomic E-state index is -0.242. The molecule has 2 aromatic rings. The van der Waals surface area contributed by atoms with Crippen molar-refractivity contribution >= 4 is 17.5 Å². The van der Waals surface area contributed by atoms with Crippen LogP contribution in [0, 0.1) is 11.7 Å². The third kappa shape index (κ3) is 6.33. The maximum atomic E-state index is 14.4. The molecule has 3 atom stereocenters. The lowest BCUT2D eigenvalue weighted by molar-refractivity contribution is -0.114. The largest absolute Gasteiger partial charge is 0.491 e. The number of methoxy groups -OCH3 is 1. The molecule has 0 saturated carbocycles. The standard InChI is InChI=1S/C26H34FN3O4/c1-17-13-30(14-20-8-6-7-9-23(20)27)18(2)16-34-24-12-21(28-19(3)31)10-11-22(24)26(32)29(4)15-25(17)33-5/h6-12,17-18,25H,13-16H2,1-5H3,(H,28,31)/t17-,18-,25-/m0/s1. The third-order valence-corrected chi connectivity index (χ3v) is 6.23. The summed E-state index contributed by atoms with van der Waals surface area (Å²) in [6.45, 7) is 7.26. The Labute approximate surface area is 200 Å². The van der Waals surface area contributed by atoms with E-state index in [1.54, 1.807) is 49.4 Å². The molecule has 0 aliphatic carbocycles. The van der Waals surface area contributed by atoms with Crippen LogP contribution >= 0.6 is 0 Å². The maximum Gasteiger partial charge on any atom is 0.257 e. The van der Waals surface area contributed by atoms with Gasteiger partial charge in [-0.25, -0.2) is 4.39 Å². The van der Waals surface area contributed by atoms with E-state index in [-0.39, 0.29) is 42.3 Å². The number of nitrogens with zero attached hydrogens (tertiary/aromatic N) is 2. The number of amides is 2. The van der Waals surface area contributed by atoms with Crippen molar-refractivity contribution in [2.45, 2.75) is 39.5 Å². The van der Waals surface area contributed by atoms with Crippen LogP contribution in [0.25, 0.3) is 0 Å². The van der Waals surface area contributed by atoms with E-state index in [0.717, 1.165) is 0 Å². The van der Waals surface area contributed by atoms with Gasteiger partial charge in [-0.2, -0.15) is 0 Å². The van der Waals surface area contributed by atoms with E-state index in [4.69, 9.17) is 9.47 Å². The van der Waals surface area contributed by atoms with Gasteiger partial charge in [0.1, 0.15) is 18.2 Å². The number of carbonyl (C=O) groups excluding carboxylic acids is 2. The molecule has 184 valence electrons. The highest BCUT2D eigenvalue weighted by Crippen LogP contribution is 2.27. The minimum Gasteiger partial charge on any atom is -0.491 e. The number of fused-ring (bicyclic) bond motifs is 1. The number of hydrogen-bond donors (Lipinski definition) is 1. The van der Waals surface area contributed by atoms with Crippen molar-refractivity contribution in [1.29, 1.82) is 0 Å². The summed E-state index contributed by atoms with van der Waals surface area (Å²) in [4.78, 5) is 28.6. The van der Waals surface area contributed by atoms with Crippen molar-refractivity contribution in [3.63, 3.8) is 0 Å². The van der Waals surface area contributed by atoms with Crippen molar-refractivity contribution in [1.82, 2.24) is 9.80 Å². The molecule has 1 N–H and O–H groups in total. The van der Waals surface area contributed by atoms with Crippen molar-refractivity contribution < 1.29 is 23.5 Å². The average molecular weight is 472 g/mol. The predicted molar refractivity (Wildman–Crippen MR) is 129 cm³/mol. The number of anilines is 1. The molecule has 0 aromatic heterocycles. The highest BCUT2D eigenvalue weighted by molar-refractivity contribution is 5.98. The Morgan fingerprint density at radius 3 is 2.62 bits per heavy atom. The predicted octanol–water partition coefficient (Wildman–Crippen LogP) is 3.79. The molecule has 1 heterocycles. The van der Waals surface area contributed by atoms with Gasteiger partial charge < -0.3 is 19.7 Å². The summed E-state index contributed by atoms with van der Waals surface area (Å²) in [5, 5.41) is 2.73. The Morgan fingerprint density at radius 1 is 1.21 bits per heavy atom.